The number of carbonyl (C=O) groups excluding carboxylic acids is 1. The maximum Gasteiger partial charge on any atom is 0.255 e. The molecule has 0 fully saturated rings. The number of halogens is 1. The molecule has 1 N–H and O–H groups in total. The molecule has 0 atom stereocenters. The van der Waals surface area contributed by atoms with Crippen molar-refractivity contribution >= 4 is 23.2 Å². The quantitative estimate of drug-likeness (QED) is 0.518. The summed E-state index contributed by atoms with van der Waals surface area (Å²) in [6.45, 7) is 3.24. The Kier molecular flexibility index (Phi) is 7.44. The molecule has 0 unspecified atom stereocenters. The topological polar surface area (TPSA) is 56.1 Å². The van der Waals surface area contributed by atoms with E-state index in [0.29, 0.717) is 23.9 Å². The summed E-state index contributed by atoms with van der Waals surface area (Å²) in [6, 6.07) is 17.0. The minimum atomic E-state index is -0.121. The van der Waals surface area contributed by atoms with Crippen LogP contribution in [0.4, 0.5) is 5.69 Å². The highest BCUT2D eigenvalue weighted by Crippen LogP contribution is 2.22. The highest BCUT2D eigenvalue weighted by Gasteiger charge is 2.16. The lowest BCUT2D eigenvalue weighted by atomic mass is 10.1. The number of hydrogen-bond acceptors (Lipinski definition) is 3. The molecule has 0 saturated carbocycles. The Balaban J connectivity index is 1.74. The van der Waals surface area contributed by atoms with E-state index in [0.717, 1.165) is 42.0 Å². The SMILES string of the molecule is CCCCc1nc(Cl)c(COC)n1Cc1ccc(NC(=O)c2ccccc2)cc1. The Morgan fingerprint density at radius 3 is 2.52 bits per heavy atom. The molecule has 3 aromatic rings. The first kappa shape index (κ1) is 21.1. The van der Waals surface area contributed by atoms with E-state index in [9.17, 15) is 4.79 Å². The van der Waals surface area contributed by atoms with E-state index in [2.05, 4.69) is 21.8 Å². The van der Waals surface area contributed by atoms with Gasteiger partial charge in [-0.1, -0.05) is 55.3 Å². The minimum absolute atomic E-state index is 0.121. The fraction of sp³-hybridized carbons (Fsp3) is 0.304. The third-order valence-corrected chi connectivity index (χ3v) is 5.03. The smallest absolute Gasteiger partial charge is 0.255 e. The zero-order valence-electron chi connectivity index (χ0n) is 16.8. The molecule has 0 bridgehead atoms. The van der Waals surface area contributed by atoms with E-state index >= 15 is 0 Å². The molecule has 0 radical (unpaired) electrons. The lowest BCUT2D eigenvalue weighted by Crippen LogP contribution is -2.12. The molecule has 2 aromatic carbocycles. The second-order valence-corrected chi connectivity index (χ2v) is 7.26. The maximum atomic E-state index is 12.3. The van der Waals surface area contributed by atoms with Gasteiger partial charge in [-0.15, -0.1) is 0 Å². The molecule has 1 amide bonds. The molecule has 1 aromatic heterocycles. The number of carbonyl (C=O) groups is 1. The van der Waals surface area contributed by atoms with Crippen LogP contribution in [-0.4, -0.2) is 22.6 Å². The predicted molar refractivity (Wildman–Crippen MR) is 117 cm³/mol. The summed E-state index contributed by atoms with van der Waals surface area (Å²) in [7, 11) is 1.66. The summed E-state index contributed by atoms with van der Waals surface area (Å²) < 4.78 is 7.45. The summed E-state index contributed by atoms with van der Waals surface area (Å²) in [5, 5.41) is 3.43. The third kappa shape index (κ3) is 5.46. The van der Waals surface area contributed by atoms with Crippen molar-refractivity contribution in [3.8, 4) is 0 Å². The van der Waals surface area contributed by atoms with Gasteiger partial charge in [0.1, 0.15) is 5.82 Å². The zero-order valence-corrected chi connectivity index (χ0v) is 17.6. The largest absolute Gasteiger partial charge is 0.378 e. The molecule has 0 aliphatic carbocycles. The first-order valence-corrected chi connectivity index (χ1v) is 10.2. The third-order valence-electron chi connectivity index (χ3n) is 4.73. The molecule has 0 aliphatic rings. The number of amides is 1. The number of ether oxygens (including phenoxy) is 1. The van der Waals surface area contributed by atoms with Crippen LogP contribution in [0, 0.1) is 0 Å². The van der Waals surface area contributed by atoms with Crippen molar-refractivity contribution in [2.24, 2.45) is 0 Å². The molecule has 1 heterocycles. The number of aryl methyl sites for hydroxylation is 1. The van der Waals surface area contributed by atoms with Gasteiger partial charge < -0.3 is 14.6 Å². The number of anilines is 1. The highest BCUT2D eigenvalue weighted by molar-refractivity contribution is 6.30. The number of aromatic nitrogens is 2. The van der Waals surface area contributed by atoms with Gasteiger partial charge in [-0.05, 0) is 36.2 Å². The summed E-state index contributed by atoms with van der Waals surface area (Å²) in [5.41, 5.74) is 3.39. The van der Waals surface area contributed by atoms with Crippen molar-refractivity contribution in [3.63, 3.8) is 0 Å². The van der Waals surface area contributed by atoms with Crippen molar-refractivity contribution < 1.29 is 9.53 Å². The van der Waals surface area contributed by atoms with Gasteiger partial charge in [0.05, 0.1) is 12.3 Å². The second-order valence-electron chi connectivity index (χ2n) is 6.91. The molecule has 5 nitrogen and oxygen atoms in total. The van der Waals surface area contributed by atoms with Crippen LogP contribution in [0.1, 0.15) is 47.2 Å². The highest BCUT2D eigenvalue weighted by atomic mass is 35.5. The standard InChI is InChI=1S/C23H26ClN3O2/c1-3-4-10-21-26-22(24)20(16-29-2)27(21)15-17-11-13-19(14-12-17)25-23(28)18-8-6-5-7-9-18/h5-9,11-14H,3-4,10,15-16H2,1-2H3,(H,25,28). The Bertz CT molecular complexity index is 937. The summed E-state index contributed by atoms with van der Waals surface area (Å²) in [6.07, 6.45) is 3.04. The number of benzene rings is 2. The normalized spacial score (nSPS) is 10.9. The van der Waals surface area contributed by atoms with Crippen LogP contribution in [0.2, 0.25) is 5.15 Å². The van der Waals surface area contributed by atoms with Crippen LogP contribution in [-0.2, 0) is 24.3 Å². The van der Waals surface area contributed by atoms with Crippen molar-refractivity contribution in [3.05, 3.63) is 82.4 Å². The van der Waals surface area contributed by atoms with Crippen LogP contribution < -0.4 is 5.32 Å². The van der Waals surface area contributed by atoms with E-state index in [4.69, 9.17) is 16.3 Å². The number of unbranched alkanes of at least 4 members (excludes halogenated alkanes) is 1. The van der Waals surface area contributed by atoms with Gasteiger partial charge in [-0.25, -0.2) is 4.98 Å². The molecular formula is C23H26ClN3O2. The van der Waals surface area contributed by atoms with E-state index in [-0.39, 0.29) is 5.91 Å². The number of imidazole rings is 1. The number of nitrogens with one attached hydrogen (secondary N) is 1. The number of hydrogen-bond donors (Lipinski definition) is 1. The number of rotatable bonds is 9. The van der Waals surface area contributed by atoms with Crippen molar-refractivity contribution in [1.29, 1.82) is 0 Å². The predicted octanol–water partition coefficient (Wildman–Crippen LogP) is 5.33. The van der Waals surface area contributed by atoms with Crippen LogP contribution in [0.5, 0.6) is 0 Å². The van der Waals surface area contributed by atoms with E-state index in [1.807, 2.05) is 42.5 Å². The molecule has 0 spiro atoms. The molecule has 3 rings (SSSR count). The molecule has 152 valence electrons. The van der Waals surface area contributed by atoms with Crippen molar-refractivity contribution in [2.45, 2.75) is 39.3 Å². The van der Waals surface area contributed by atoms with Gasteiger partial charge in [0.15, 0.2) is 5.15 Å². The van der Waals surface area contributed by atoms with Crippen LogP contribution >= 0.6 is 11.6 Å². The van der Waals surface area contributed by atoms with Gasteiger partial charge in [0.25, 0.3) is 5.91 Å². The summed E-state index contributed by atoms with van der Waals surface area (Å²) in [4.78, 5) is 16.8. The van der Waals surface area contributed by atoms with Crippen LogP contribution in [0.25, 0.3) is 0 Å². The van der Waals surface area contributed by atoms with Gasteiger partial charge in [0.2, 0.25) is 0 Å². The average molecular weight is 412 g/mol. The summed E-state index contributed by atoms with van der Waals surface area (Å²) >= 11 is 6.36. The average Bonchev–Trinajstić information content (AvgIpc) is 3.03. The van der Waals surface area contributed by atoms with Gasteiger partial charge >= 0.3 is 0 Å². The van der Waals surface area contributed by atoms with Crippen LogP contribution in [0.15, 0.2) is 54.6 Å². The molecule has 0 saturated heterocycles. The Morgan fingerprint density at radius 1 is 1.14 bits per heavy atom. The van der Waals surface area contributed by atoms with E-state index < -0.39 is 0 Å². The Labute approximate surface area is 176 Å². The van der Waals surface area contributed by atoms with E-state index in [1.54, 1.807) is 19.2 Å². The number of methoxy groups -OCH3 is 1. The minimum Gasteiger partial charge on any atom is -0.378 e. The zero-order chi connectivity index (χ0) is 20.6. The number of nitrogens with zero attached hydrogens (tertiary/aromatic N) is 2. The molecule has 0 aliphatic heterocycles. The maximum absolute atomic E-state index is 12.3. The molecule has 6 heteroatoms. The van der Waals surface area contributed by atoms with Crippen molar-refractivity contribution in [2.75, 3.05) is 12.4 Å². The molecular weight excluding hydrogens is 386 g/mol. The monoisotopic (exact) mass is 411 g/mol. The molecule has 29 heavy (non-hydrogen) atoms. The lowest BCUT2D eigenvalue weighted by molar-refractivity contribution is 0.102. The fourth-order valence-electron chi connectivity index (χ4n) is 3.16. The van der Waals surface area contributed by atoms with E-state index in [1.165, 1.54) is 0 Å². The van der Waals surface area contributed by atoms with Gasteiger partial charge in [-0.3, -0.25) is 4.79 Å². The van der Waals surface area contributed by atoms with Crippen LogP contribution in [0.3, 0.4) is 0 Å². The Hall–Kier alpha value is -2.63. The summed E-state index contributed by atoms with van der Waals surface area (Å²) in [5.74, 6) is 0.856. The first-order chi connectivity index (χ1) is 14.1. The fourth-order valence-corrected chi connectivity index (χ4v) is 3.41. The first-order valence-electron chi connectivity index (χ1n) is 9.80. The van der Waals surface area contributed by atoms with Crippen molar-refractivity contribution in [1.82, 2.24) is 9.55 Å². The second kappa shape index (κ2) is 10.2. The Morgan fingerprint density at radius 2 is 1.86 bits per heavy atom. The van der Waals surface area contributed by atoms with Gasteiger partial charge in [-0.2, -0.15) is 0 Å². The van der Waals surface area contributed by atoms with Gasteiger partial charge in [0, 0.05) is 31.3 Å². The lowest BCUT2D eigenvalue weighted by Gasteiger charge is -2.13.